The molecule has 1 rings (SSSR count). The lowest BCUT2D eigenvalue weighted by Gasteiger charge is -2.14. The van der Waals surface area contributed by atoms with Crippen LogP contribution in [-0.4, -0.2) is 12.6 Å². The van der Waals surface area contributed by atoms with Gasteiger partial charge in [-0.05, 0) is 44.0 Å². The van der Waals surface area contributed by atoms with E-state index in [0.717, 1.165) is 30.1 Å². The summed E-state index contributed by atoms with van der Waals surface area (Å²) < 4.78 is 0. The van der Waals surface area contributed by atoms with Crippen molar-refractivity contribution in [3.8, 4) is 0 Å². The van der Waals surface area contributed by atoms with Crippen LogP contribution in [0, 0.1) is 6.92 Å². The van der Waals surface area contributed by atoms with Crippen molar-refractivity contribution in [3.05, 3.63) is 34.3 Å². The minimum Gasteiger partial charge on any atom is -0.330 e. The zero-order valence-electron chi connectivity index (χ0n) is 9.39. The molecule has 2 nitrogen and oxygen atoms in total. The number of nitrogens with two attached hydrogens (primary N) is 1. The number of nitrogens with one attached hydrogen (secondary N) is 1. The normalized spacial score (nSPS) is 12.8. The number of benzene rings is 1. The van der Waals surface area contributed by atoms with E-state index in [1.165, 1.54) is 5.56 Å². The Hall–Kier alpha value is -0.570. The molecule has 3 heteroatoms. The van der Waals surface area contributed by atoms with Crippen LogP contribution in [0.25, 0.3) is 0 Å². The third-order valence-corrected chi connectivity index (χ3v) is 3.03. The van der Waals surface area contributed by atoms with E-state index in [9.17, 15) is 0 Å². The average molecular weight is 227 g/mol. The monoisotopic (exact) mass is 226 g/mol. The maximum absolute atomic E-state index is 6.04. The van der Waals surface area contributed by atoms with Gasteiger partial charge in [0.25, 0.3) is 0 Å². The molecule has 0 aliphatic rings. The molecule has 1 aromatic rings. The molecule has 1 atom stereocenters. The van der Waals surface area contributed by atoms with Crippen LogP contribution in [-0.2, 0) is 6.54 Å². The minimum absolute atomic E-state index is 0.452. The highest BCUT2D eigenvalue weighted by Crippen LogP contribution is 2.18. The summed E-state index contributed by atoms with van der Waals surface area (Å²) in [7, 11) is 0. The standard InChI is InChI=1S/C12H19ClN2/c1-9(6-7-14)15-8-11-4-3-5-12(13)10(11)2/h3-5,9,15H,6-8,14H2,1-2H3. The van der Waals surface area contributed by atoms with Gasteiger partial charge < -0.3 is 11.1 Å². The largest absolute Gasteiger partial charge is 0.330 e. The summed E-state index contributed by atoms with van der Waals surface area (Å²) in [5, 5.41) is 4.26. The van der Waals surface area contributed by atoms with Gasteiger partial charge in [-0.3, -0.25) is 0 Å². The molecule has 84 valence electrons. The second-order valence-corrected chi connectivity index (χ2v) is 4.29. The molecule has 0 bridgehead atoms. The zero-order valence-corrected chi connectivity index (χ0v) is 10.1. The van der Waals surface area contributed by atoms with Crippen LogP contribution in [0.1, 0.15) is 24.5 Å². The van der Waals surface area contributed by atoms with E-state index in [1.54, 1.807) is 0 Å². The van der Waals surface area contributed by atoms with Crippen molar-refractivity contribution in [1.29, 1.82) is 0 Å². The van der Waals surface area contributed by atoms with Crippen LogP contribution in [0.15, 0.2) is 18.2 Å². The minimum atomic E-state index is 0.452. The highest BCUT2D eigenvalue weighted by molar-refractivity contribution is 6.31. The predicted molar refractivity (Wildman–Crippen MR) is 66.2 cm³/mol. The molecule has 0 saturated heterocycles. The Morgan fingerprint density at radius 2 is 2.20 bits per heavy atom. The molecule has 0 amide bonds. The summed E-state index contributed by atoms with van der Waals surface area (Å²) in [6.07, 6.45) is 1.000. The van der Waals surface area contributed by atoms with E-state index >= 15 is 0 Å². The summed E-state index contributed by atoms with van der Waals surface area (Å²) in [5.74, 6) is 0. The fourth-order valence-electron chi connectivity index (χ4n) is 1.48. The fourth-order valence-corrected chi connectivity index (χ4v) is 1.67. The van der Waals surface area contributed by atoms with Gasteiger partial charge in [0.15, 0.2) is 0 Å². The maximum Gasteiger partial charge on any atom is 0.0438 e. The predicted octanol–water partition coefficient (Wildman–Crippen LogP) is 2.48. The number of hydrogen-bond donors (Lipinski definition) is 2. The molecule has 0 aliphatic carbocycles. The number of hydrogen-bond acceptors (Lipinski definition) is 2. The van der Waals surface area contributed by atoms with Crippen LogP contribution in [0.3, 0.4) is 0 Å². The van der Waals surface area contributed by atoms with E-state index in [1.807, 2.05) is 19.1 Å². The van der Waals surface area contributed by atoms with Crippen LogP contribution >= 0.6 is 11.6 Å². The molecule has 15 heavy (non-hydrogen) atoms. The van der Waals surface area contributed by atoms with Gasteiger partial charge >= 0.3 is 0 Å². The van der Waals surface area contributed by atoms with E-state index in [0.29, 0.717) is 6.04 Å². The Morgan fingerprint density at radius 1 is 1.47 bits per heavy atom. The summed E-state index contributed by atoms with van der Waals surface area (Å²) in [6.45, 7) is 5.77. The molecule has 0 spiro atoms. The van der Waals surface area contributed by atoms with Crippen molar-refractivity contribution in [2.75, 3.05) is 6.54 Å². The molecular weight excluding hydrogens is 208 g/mol. The molecule has 0 heterocycles. The van der Waals surface area contributed by atoms with Crippen LogP contribution in [0.2, 0.25) is 5.02 Å². The Morgan fingerprint density at radius 3 is 2.87 bits per heavy atom. The number of rotatable bonds is 5. The first-order valence-corrected chi connectivity index (χ1v) is 5.70. The first-order chi connectivity index (χ1) is 7.15. The molecular formula is C12H19ClN2. The van der Waals surface area contributed by atoms with Gasteiger partial charge in [-0.2, -0.15) is 0 Å². The SMILES string of the molecule is Cc1c(Cl)cccc1CNC(C)CCN. The van der Waals surface area contributed by atoms with E-state index < -0.39 is 0 Å². The summed E-state index contributed by atoms with van der Waals surface area (Å²) >= 11 is 6.04. The lowest BCUT2D eigenvalue weighted by molar-refractivity contribution is 0.519. The second kappa shape index (κ2) is 6.11. The quantitative estimate of drug-likeness (QED) is 0.810. The van der Waals surface area contributed by atoms with E-state index in [2.05, 4.69) is 18.3 Å². The van der Waals surface area contributed by atoms with Gasteiger partial charge in [0.05, 0.1) is 0 Å². The van der Waals surface area contributed by atoms with Crippen molar-refractivity contribution < 1.29 is 0 Å². The Balaban J connectivity index is 2.54. The van der Waals surface area contributed by atoms with Gasteiger partial charge in [0.2, 0.25) is 0 Å². The molecule has 0 aromatic heterocycles. The molecule has 0 fully saturated rings. The second-order valence-electron chi connectivity index (χ2n) is 3.88. The smallest absolute Gasteiger partial charge is 0.0438 e. The third kappa shape index (κ3) is 3.82. The van der Waals surface area contributed by atoms with Crippen molar-refractivity contribution in [3.63, 3.8) is 0 Å². The van der Waals surface area contributed by atoms with Crippen molar-refractivity contribution >= 4 is 11.6 Å². The summed E-state index contributed by atoms with van der Waals surface area (Å²) in [5.41, 5.74) is 7.91. The average Bonchev–Trinajstić information content (AvgIpc) is 2.21. The lowest BCUT2D eigenvalue weighted by Crippen LogP contribution is -2.28. The van der Waals surface area contributed by atoms with Crippen LogP contribution in [0.4, 0.5) is 0 Å². The fraction of sp³-hybridized carbons (Fsp3) is 0.500. The molecule has 1 unspecified atom stereocenters. The van der Waals surface area contributed by atoms with Crippen LogP contribution < -0.4 is 11.1 Å². The van der Waals surface area contributed by atoms with Gasteiger partial charge in [-0.15, -0.1) is 0 Å². The zero-order chi connectivity index (χ0) is 11.3. The van der Waals surface area contributed by atoms with Crippen molar-refractivity contribution in [2.24, 2.45) is 5.73 Å². The van der Waals surface area contributed by atoms with E-state index in [-0.39, 0.29) is 0 Å². The Kier molecular flexibility index (Phi) is 5.09. The summed E-state index contributed by atoms with van der Waals surface area (Å²) in [6, 6.07) is 6.46. The molecule has 0 saturated carbocycles. The maximum atomic E-state index is 6.04. The van der Waals surface area contributed by atoms with Crippen molar-refractivity contribution in [1.82, 2.24) is 5.32 Å². The Bertz CT molecular complexity index is 312. The molecule has 0 aliphatic heterocycles. The topological polar surface area (TPSA) is 38.0 Å². The Labute approximate surface area is 96.8 Å². The molecule has 0 radical (unpaired) electrons. The lowest BCUT2D eigenvalue weighted by atomic mass is 10.1. The van der Waals surface area contributed by atoms with Crippen LogP contribution in [0.5, 0.6) is 0 Å². The third-order valence-electron chi connectivity index (χ3n) is 2.62. The van der Waals surface area contributed by atoms with Gasteiger partial charge in [-0.1, -0.05) is 23.7 Å². The molecule has 3 N–H and O–H groups in total. The number of halogens is 1. The first-order valence-electron chi connectivity index (χ1n) is 5.32. The summed E-state index contributed by atoms with van der Waals surface area (Å²) in [4.78, 5) is 0. The van der Waals surface area contributed by atoms with Gasteiger partial charge in [0, 0.05) is 17.6 Å². The van der Waals surface area contributed by atoms with Crippen molar-refractivity contribution in [2.45, 2.75) is 32.9 Å². The highest BCUT2D eigenvalue weighted by atomic mass is 35.5. The van der Waals surface area contributed by atoms with E-state index in [4.69, 9.17) is 17.3 Å². The first kappa shape index (κ1) is 12.5. The van der Waals surface area contributed by atoms with Gasteiger partial charge in [-0.25, -0.2) is 0 Å². The highest BCUT2D eigenvalue weighted by Gasteiger charge is 2.04. The van der Waals surface area contributed by atoms with Gasteiger partial charge in [0.1, 0.15) is 0 Å². The molecule has 1 aromatic carbocycles.